The molecule has 0 N–H and O–H groups in total. The van der Waals surface area contributed by atoms with Gasteiger partial charge in [0, 0.05) is 21.9 Å². The highest BCUT2D eigenvalue weighted by Gasteiger charge is 2.11. The number of rotatable bonds is 4. The second kappa shape index (κ2) is 10.8. The first-order chi connectivity index (χ1) is 22.8. The third-order valence-corrected chi connectivity index (χ3v) is 9.04. The Morgan fingerprint density at radius 3 is 1.57 bits per heavy atom. The van der Waals surface area contributed by atoms with E-state index in [-0.39, 0.29) is 0 Å². The van der Waals surface area contributed by atoms with Gasteiger partial charge >= 0.3 is 0 Å². The van der Waals surface area contributed by atoms with Gasteiger partial charge in [0.1, 0.15) is 0 Å². The van der Waals surface area contributed by atoms with Crippen molar-refractivity contribution in [3.8, 4) is 44.8 Å². The summed E-state index contributed by atoms with van der Waals surface area (Å²) in [5.74, 6) is 0. The second-order valence-electron chi connectivity index (χ2n) is 11.8. The molecule has 0 saturated carbocycles. The third-order valence-electron chi connectivity index (χ3n) is 9.04. The lowest BCUT2D eigenvalue weighted by atomic mass is 9.92. The van der Waals surface area contributed by atoms with Crippen LogP contribution in [0.5, 0.6) is 0 Å². The fraction of sp³-hybridized carbons (Fsp3) is 0. The molecule has 0 unspecified atom stereocenters. The maximum Gasteiger partial charge on any atom is 0.0972 e. The molecule has 9 rings (SSSR count). The van der Waals surface area contributed by atoms with E-state index >= 15 is 0 Å². The summed E-state index contributed by atoms with van der Waals surface area (Å²) < 4.78 is 0. The van der Waals surface area contributed by atoms with E-state index in [4.69, 9.17) is 9.97 Å². The molecule has 2 heteroatoms. The van der Waals surface area contributed by atoms with Gasteiger partial charge in [-0.1, -0.05) is 146 Å². The molecule has 0 aliphatic rings. The van der Waals surface area contributed by atoms with E-state index in [1.54, 1.807) is 0 Å². The van der Waals surface area contributed by atoms with E-state index in [0.717, 1.165) is 49.9 Å². The Balaban J connectivity index is 1.10. The lowest BCUT2D eigenvalue weighted by Crippen LogP contribution is -1.91. The van der Waals surface area contributed by atoms with Gasteiger partial charge in [-0.15, -0.1) is 0 Å². The van der Waals surface area contributed by atoms with Gasteiger partial charge in [-0.2, -0.15) is 0 Å². The monoisotopic (exact) mass is 584 g/mol. The predicted molar refractivity (Wildman–Crippen MR) is 194 cm³/mol. The van der Waals surface area contributed by atoms with Gasteiger partial charge in [0.05, 0.1) is 22.4 Å². The van der Waals surface area contributed by atoms with Crippen molar-refractivity contribution in [2.24, 2.45) is 0 Å². The van der Waals surface area contributed by atoms with Crippen LogP contribution in [0.4, 0.5) is 0 Å². The maximum atomic E-state index is 5.19. The zero-order valence-electron chi connectivity index (χ0n) is 25.1. The van der Waals surface area contributed by atoms with Crippen LogP contribution in [0.1, 0.15) is 0 Å². The van der Waals surface area contributed by atoms with Gasteiger partial charge in [0.2, 0.25) is 0 Å². The van der Waals surface area contributed by atoms with E-state index in [1.807, 2.05) is 18.2 Å². The van der Waals surface area contributed by atoms with Crippen molar-refractivity contribution >= 4 is 43.4 Å². The fourth-order valence-electron chi connectivity index (χ4n) is 6.69. The van der Waals surface area contributed by atoms with E-state index in [9.17, 15) is 0 Å². The zero-order valence-corrected chi connectivity index (χ0v) is 25.1. The lowest BCUT2D eigenvalue weighted by Gasteiger charge is -2.12. The van der Waals surface area contributed by atoms with Crippen LogP contribution in [-0.2, 0) is 0 Å². The van der Waals surface area contributed by atoms with Crippen molar-refractivity contribution in [3.05, 3.63) is 170 Å². The zero-order chi connectivity index (χ0) is 30.5. The summed E-state index contributed by atoms with van der Waals surface area (Å²) in [6, 6.07) is 60.4. The third kappa shape index (κ3) is 4.51. The molecule has 0 aliphatic heterocycles. The first kappa shape index (κ1) is 26.3. The molecular formula is C44H28N2. The lowest BCUT2D eigenvalue weighted by molar-refractivity contribution is 1.36. The molecule has 7 aromatic carbocycles. The molecule has 46 heavy (non-hydrogen) atoms. The summed E-state index contributed by atoms with van der Waals surface area (Å²) in [4.78, 5) is 10.3. The molecule has 0 amide bonds. The molecule has 2 nitrogen and oxygen atoms in total. The van der Waals surface area contributed by atoms with Gasteiger partial charge in [-0.05, 0) is 68.1 Å². The van der Waals surface area contributed by atoms with Crippen LogP contribution >= 0.6 is 0 Å². The second-order valence-corrected chi connectivity index (χ2v) is 11.8. The number of pyridine rings is 2. The molecule has 2 aromatic heterocycles. The Morgan fingerprint density at radius 1 is 0.283 bits per heavy atom. The van der Waals surface area contributed by atoms with Gasteiger partial charge in [-0.3, -0.25) is 0 Å². The van der Waals surface area contributed by atoms with Gasteiger partial charge in [0.25, 0.3) is 0 Å². The number of hydrogen-bond donors (Lipinski definition) is 0. The van der Waals surface area contributed by atoms with E-state index in [1.165, 1.54) is 38.2 Å². The van der Waals surface area contributed by atoms with Gasteiger partial charge < -0.3 is 0 Å². The largest absolute Gasteiger partial charge is 0.245 e. The van der Waals surface area contributed by atoms with Crippen LogP contribution in [0.3, 0.4) is 0 Å². The Morgan fingerprint density at radius 2 is 0.826 bits per heavy atom. The standard InChI is InChI=1S/C44H28N2/c1-2-9-31(10-3-1)41-25-23-32-21-22-33-24-26-42(46-44(33)43(32)45-41)36-13-8-12-34(27-36)29-17-19-30(20-18-29)40-28-35-11-4-5-14-37(35)38-15-6-7-16-39(38)40/h1-28H. The average Bonchev–Trinajstić information content (AvgIpc) is 3.14. The molecule has 0 radical (unpaired) electrons. The highest BCUT2D eigenvalue weighted by Crippen LogP contribution is 2.36. The topological polar surface area (TPSA) is 25.8 Å². The molecular weight excluding hydrogens is 556 g/mol. The van der Waals surface area contributed by atoms with Crippen LogP contribution in [0.15, 0.2) is 170 Å². The molecule has 2 heterocycles. The Kier molecular flexibility index (Phi) is 6.17. The number of benzene rings is 7. The highest BCUT2D eigenvalue weighted by molar-refractivity contribution is 6.13. The minimum absolute atomic E-state index is 0.921. The van der Waals surface area contributed by atoms with Crippen LogP contribution in [-0.4, -0.2) is 9.97 Å². The number of fused-ring (bicyclic) bond motifs is 6. The van der Waals surface area contributed by atoms with Crippen LogP contribution in [0, 0.1) is 0 Å². The Hall–Kier alpha value is -6.12. The van der Waals surface area contributed by atoms with Gasteiger partial charge in [0.15, 0.2) is 0 Å². The normalized spacial score (nSPS) is 11.5. The first-order valence-corrected chi connectivity index (χ1v) is 15.7. The summed E-state index contributed by atoms with van der Waals surface area (Å²) in [7, 11) is 0. The van der Waals surface area contributed by atoms with Crippen molar-refractivity contribution < 1.29 is 0 Å². The van der Waals surface area contributed by atoms with E-state index in [0.29, 0.717) is 0 Å². The molecule has 0 fully saturated rings. The number of aromatic nitrogens is 2. The summed E-state index contributed by atoms with van der Waals surface area (Å²) in [6.45, 7) is 0. The fourth-order valence-corrected chi connectivity index (χ4v) is 6.69. The molecule has 214 valence electrons. The van der Waals surface area contributed by atoms with Crippen LogP contribution in [0.25, 0.3) is 88.1 Å². The average molecular weight is 585 g/mol. The smallest absolute Gasteiger partial charge is 0.0972 e. The van der Waals surface area contributed by atoms with Crippen molar-refractivity contribution in [2.45, 2.75) is 0 Å². The molecule has 0 atom stereocenters. The minimum Gasteiger partial charge on any atom is -0.245 e. The Bertz CT molecular complexity index is 2570. The van der Waals surface area contributed by atoms with Crippen LogP contribution < -0.4 is 0 Å². The number of hydrogen-bond acceptors (Lipinski definition) is 2. The maximum absolute atomic E-state index is 5.19. The quantitative estimate of drug-likeness (QED) is 0.192. The van der Waals surface area contributed by atoms with Crippen molar-refractivity contribution in [1.82, 2.24) is 9.97 Å². The predicted octanol–water partition coefficient (Wildman–Crippen LogP) is 11.8. The SMILES string of the molecule is c1ccc(-c2ccc3ccc4ccc(-c5cccc(-c6ccc(-c7cc8ccccc8c8ccccc78)cc6)c5)nc4c3n2)cc1. The summed E-state index contributed by atoms with van der Waals surface area (Å²) in [5, 5.41) is 7.28. The molecule has 0 spiro atoms. The minimum atomic E-state index is 0.921. The Labute approximate surface area is 267 Å². The first-order valence-electron chi connectivity index (χ1n) is 15.7. The summed E-state index contributed by atoms with van der Waals surface area (Å²) in [5.41, 5.74) is 10.7. The highest BCUT2D eigenvalue weighted by atomic mass is 14.8. The van der Waals surface area contributed by atoms with Crippen LogP contribution in [0.2, 0.25) is 0 Å². The van der Waals surface area contributed by atoms with Crippen molar-refractivity contribution in [3.63, 3.8) is 0 Å². The molecule has 0 saturated heterocycles. The van der Waals surface area contributed by atoms with Crippen molar-refractivity contribution in [1.29, 1.82) is 0 Å². The van der Waals surface area contributed by atoms with Gasteiger partial charge in [-0.25, -0.2) is 9.97 Å². The number of nitrogens with zero attached hydrogens (tertiary/aromatic N) is 2. The van der Waals surface area contributed by atoms with E-state index in [2.05, 4.69) is 152 Å². The van der Waals surface area contributed by atoms with Crippen molar-refractivity contribution in [2.75, 3.05) is 0 Å². The molecule has 0 aliphatic carbocycles. The summed E-state index contributed by atoms with van der Waals surface area (Å²) >= 11 is 0. The molecule has 9 aromatic rings. The molecule has 0 bridgehead atoms. The summed E-state index contributed by atoms with van der Waals surface area (Å²) in [6.07, 6.45) is 0. The van der Waals surface area contributed by atoms with E-state index < -0.39 is 0 Å².